The number of carbonyl (C=O) groups is 2. The van der Waals surface area contributed by atoms with Gasteiger partial charge in [-0.1, -0.05) is 18.2 Å². The van der Waals surface area contributed by atoms with Gasteiger partial charge in [0.05, 0.1) is 23.6 Å². The van der Waals surface area contributed by atoms with Crippen molar-refractivity contribution >= 4 is 27.6 Å². The Morgan fingerprint density at radius 2 is 1.65 bits per heavy atom. The number of methoxy groups -OCH3 is 1. The van der Waals surface area contributed by atoms with Gasteiger partial charge < -0.3 is 9.64 Å². The molecule has 1 heterocycles. The van der Waals surface area contributed by atoms with Gasteiger partial charge in [-0.15, -0.1) is 0 Å². The van der Waals surface area contributed by atoms with Crippen molar-refractivity contribution in [1.82, 2.24) is 4.90 Å². The Morgan fingerprint density at radius 1 is 1.00 bits per heavy atom. The molecule has 3 rings (SSSR count). The lowest BCUT2D eigenvalue weighted by Gasteiger charge is -2.30. The van der Waals surface area contributed by atoms with E-state index < -0.39 is 10.0 Å². The van der Waals surface area contributed by atoms with Gasteiger partial charge in [0.2, 0.25) is 0 Å². The van der Waals surface area contributed by atoms with Gasteiger partial charge in [0.1, 0.15) is 0 Å². The number of ether oxygens (including phenoxy) is 1. The number of likely N-dealkylation sites (tertiary alicyclic amines) is 1. The monoisotopic (exact) mass is 444 g/mol. The smallest absolute Gasteiger partial charge is 0.308 e. The standard InChI is InChI=1S/C23H28N2O5S/c1-15-5-6-16(2)20(13-15)24-31(28,29)21-14-19(8-7-17(21)3)22(26)25-11-9-18(10-12-25)23(27)30-4/h5-8,13-14,18,24H,9-12H2,1-4H3. The van der Waals surface area contributed by atoms with Crippen molar-refractivity contribution in [2.24, 2.45) is 5.92 Å². The van der Waals surface area contributed by atoms with Crippen LogP contribution in [0.15, 0.2) is 41.3 Å². The summed E-state index contributed by atoms with van der Waals surface area (Å²) in [5.41, 5.74) is 3.13. The molecule has 1 fully saturated rings. The van der Waals surface area contributed by atoms with Crippen LogP contribution in [0.3, 0.4) is 0 Å². The summed E-state index contributed by atoms with van der Waals surface area (Å²) in [5, 5.41) is 0. The molecule has 2 aromatic carbocycles. The summed E-state index contributed by atoms with van der Waals surface area (Å²) in [5.74, 6) is -0.704. The minimum Gasteiger partial charge on any atom is -0.469 e. The molecule has 166 valence electrons. The molecule has 0 aliphatic carbocycles. The highest BCUT2D eigenvalue weighted by molar-refractivity contribution is 7.92. The van der Waals surface area contributed by atoms with Gasteiger partial charge in [-0.2, -0.15) is 0 Å². The lowest BCUT2D eigenvalue weighted by molar-refractivity contribution is -0.146. The molecule has 1 aliphatic heterocycles. The van der Waals surface area contributed by atoms with Crippen LogP contribution in [0.1, 0.15) is 39.9 Å². The molecule has 0 saturated carbocycles. The number of aryl methyl sites for hydroxylation is 3. The molecule has 0 unspecified atom stereocenters. The van der Waals surface area contributed by atoms with Gasteiger partial charge in [0.25, 0.3) is 15.9 Å². The number of nitrogens with zero attached hydrogens (tertiary/aromatic N) is 1. The number of anilines is 1. The first-order chi connectivity index (χ1) is 14.6. The van der Waals surface area contributed by atoms with E-state index in [0.29, 0.717) is 42.7 Å². The Balaban J connectivity index is 1.82. The van der Waals surface area contributed by atoms with E-state index in [1.54, 1.807) is 30.0 Å². The SMILES string of the molecule is COC(=O)C1CCN(C(=O)c2ccc(C)c(S(=O)(=O)Nc3cc(C)ccc3C)c2)CC1. The fourth-order valence-electron chi connectivity index (χ4n) is 3.74. The number of sulfonamides is 1. The molecule has 1 aliphatic rings. The van der Waals surface area contributed by atoms with Crippen molar-refractivity contribution in [2.75, 3.05) is 24.9 Å². The third-order valence-corrected chi connectivity index (χ3v) is 7.19. The van der Waals surface area contributed by atoms with E-state index in [1.165, 1.54) is 13.2 Å². The number of amides is 1. The van der Waals surface area contributed by atoms with E-state index in [-0.39, 0.29) is 22.7 Å². The quantitative estimate of drug-likeness (QED) is 0.713. The van der Waals surface area contributed by atoms with Crippen LogP contribution < -0.4 is 4.72 Å². The van der Waals surface area contributed by atoms with Crippen molar-refractivity contribution in [1.29, 1.82) is 0 Å². The average molecular weight is 445 g/mol. The second-order valence-electron chi connectivity index (χ2n) is 7.99. The molecule has 0 bridgehead atoms. The highest BCUT2D eigenvalue weighted by Gasteiger charge is 2.29. The highest BCUT2D eigenvalue weighted by atomic mass is 32.2. The molecule has 2 aromatic rings. The number of carbonyl (C=O) groups excluding carboxylic acids is 2. The third-order valence-electron chi connectivity index (χ3n) is 5.68. The molecule has 7 nitrogen and oxygen atoms in total. The van der Waals surface area contributed by atoms with E-state index in [9.17, 15) is 18.0 Å². The number of nitrogens with one attached hydrogen (secondary N) is 1. The van der Waals surface area contributed by atoms with E-state index in [2.05, 4.69) is 4.72 Å². The van der Waals surface area contributed by atoms with Crippen molar-refractivity contribution in [3.63, 3.8) is 0 Å². The van der Waals surface area contributed by atoms with Gasteiger partial charge in [0.15, 0.2) is 0 Å². The summed E-state index contributed by atoms with van der Waals surface area (Å²) < 4.78 is 33.6. The number of hydrogen-bond donors (Lipinski definition) is 1. The van der Waals surface area contributed by atoms with Crippen LogP contribution in [0.25, 0.3) is 0 Å². The summed E-state index contributed by atoms with van der Waals surface area (Å²) in [6.07, 6.45) is 1.06. The average Bonchev–Trinajstić information content (AvgIpc) is 2.75. The lowest BCUT2D eigenvalue weighted by atomic mass is 9.96. The summed E-state index contributed by atoms with van der Waals surface area (Å²) in [6, 6.07) is 10.3. The molecular formula is C23H28N2O5S. The van der Waals surface area contributed by atoms with E-state index in [4.69, 9.17) is 4.74 Å². The first kappa shape index (κ1) is 22.8. The Labute approximate surface area is 183 Å². The zero-order valence-corrected chi connectivity index (χ0v) is 19.1. The maximum atomic E-state index is 13.1. The maximum absolute atomic E-state index is 13.1. The lowest BCUT2D eigenvalue weighted by Crippen LogP contribution is -2.40. The maximum Gasteiger partial charge on any atom is 0.308 e. The number of piperidine rings is 1. The van der Waals surface area contributed by atoms with Crippen molar-refractivity contribution in [3.05, 3.63) is 58.7 Å². The highest BCUT2D eigenvalue weighted by Crippen LogP contribution is 2.25. The van der Waals surface area contributed by atoms with Gasteiger partial charge in [0, 0.05) is 18.7 Å². The van der Waals surface area contributed by atoms with Gasteiger partial charge in [-0.25, -0.2) is 8.42 Å². The molecule has 8 heteroatoms. The fourth-order valence-corrected chi connectivity index (χ4v) is 5.13. The van der Waals surface area contributed by atoms with Crippen molar-refractivity contribution in [2.45, 2.75) is 38.5 Å². The Bertz CT molecular complexity index is 1100. The minimum atomic E-state index is -3.88. The van der Waals surface area contributed by atoms with E-state index in [1.807, 2.05) is 26.0 Å². The normalized spacial score (nSPS) is 14.9. The Morgan fingerprint density at radius 3 is 2.29 bits per heavy atom. The predicted molar refractivity (Wildman–Crippen MR) is 119 cm³/mol. The fraction of sp³-hybridized carbons (Fsp3) is 0.391. The molecule has 1 amide bonds. The van der Waals surface area contributed by atoms with Crippen LogP contribution in [0.4, 0.5) is 5.69 Å². The summed E-state index contributed by atoms with van der Waals surface area (Å²) >= 11 is 0. The molecule has 1 N–H and O–H groups in total. The zero-order chi connectivity index (χ0) is 22.8. The Kier molecular flexibility index (Phi) is 6.69. The minimum absolute atomic E-state index is 0.0729. The second kappa shape index (κ2) is 9.09. The summed E-state index contributed by atoms with van der Waals surface area (Å²) in [6.45, 7) is 6.28. The van der Waals surface area contributed by atoms with Crippen LogP contribution in [0.5, 0.6) is 0 Å². The number of benzene rings is 2. The zero-order valence-electron chi connectivity index (χ0n) is 18.3. The van der Waals surface area contributed by atoms with Crippen LogP contribution >= 0.6 is 0 Å². The largest absolute Gasteiger partial charge is 0.469 e. The first-order valence-corrected chi connectivity index (χ1v) is 11.7. The van der Waals surface area contributed by atoms with Crippen LogP contribution in [-0.4, -0.2) is 45.4 Å². The number of esters is 1. The van der Waals surface area contributed by atoms with E-state index in [0.717, 1.165) is 11.1 Å². The molecule has 31 heavy (non-hydrogen) atoms. The van der Waals surface area contributed by atoms with Crippen molar-refractivity contribution in [3.8, 4) is 0 Å². The second-order valence-corrected chi connectivity index (χ2v) is 9.64. The number of hydrogen-bond acceptors (Lipinski definition) is 5. The van der Waals surface area contributed by atoms with Gasteiger partial charge in [-0.05, 0) is 68.5 Å². The molecule has 0 spiro atoms. The molecule has 1 saturated heterocycles. The van der Waals surface area contributed by atoms with E-state index >= 15 is 0 Å². The Hall–Kier alpha value is -2.87. The molecule has 0 atom stereocenters. The van der Waals surface area contributed by atoms with Gasteiger partial charge in [-0.3, -0.25) is 14.3 Å². The van der Waals surface area contributed by atoms with Crippen LogP contribution in [0.2, 0.25) is 0 Å². The van der Waals surface area contributed by atoms with Crippen molar-refractivity contribution < 1.29 is 22.7 Å². The third kappa shape index (κ3) is 5.07. The summed E-state index contributed by atoms with van der Waals surface area (Å²) in [4.78, 5) is 26.4. The number of rotatable bonds is 5. The summed E-state index contributed by atoms with van der Waals surface area (Å²) in [7, 11) is -2.51. The molecular weight excluding hydrogens is 416 g/mol. The predicted octanol–water partition coefficient (Wildman–Crippen LogP) is 3.44. The molecule has 0 radical (unpaired) electrons. The van der Waals surface area contributed by atoms with Gasteiger partial charge >= 0.3 is 5.97 Å². The molecule has 0 aromatic heterocycles. The first-order valence-electron chi connectivity index (χ1n) is 10.2. The topological polar surface area (TPSA) is 92.8 Å². The van der Waals surface area contributed by atoms with Crippen LogP contribution in [0, 0.1) is 26.7 Å². The van der Waals surface area contributed by atoms with Crippen LogP contribution in [-0.2, 0) is 19.6 Å².